The number of aryl methyl sites for hydroxylation is 1. The van der Waals surface area contributed by atoms with Crippen molar-refractivity contribution in [3.8, 4) is 11.3 Å². The van der Waals surface area contributed by atoms with Crippen LogP contribution in [0.1, 0.15) is 11.3 Å². The van der Waals surface area contributed by atoms with Crippen molar-refractivity contribution in [2.24, 2.45) is 0 Å². The summed E-state index contributed by atoms with van der Waals surface area (Å²) < 4.78 is 29.0. The molecule has 0 spiro atoms. The van der Waals surface area contributed by atoms with Crippen molar-refractivity contribution in [1.82, 2.24) is 18.6 Å². The molecule has 0 unspecified atom stereocenters. The second-order valence-corrected chi connectivity index (χ2v) is 11.0. The Kier molecular flexibility index (Phi) is 5.88. The monoisotopic (exact) mass is 480 g/mol. The largest absolute Gasteiger partial charge is 0.295 e. The van der Waals surface area contributed by atoms with Crippen LogP contribution in [0.15, 0.2) is 75.7 Å². The predicted molar refractivity (Wildman–Crippen MR) is 130 cm³/mol. The average Bonchev–Trinajstić information content (AvgIpc) is 3.25. The first-order valence-corrected chi connectivity index (χ1v) is 13.1. The molecule has 1 aliphatic heterocycles. The van der Waals surface area contributed by atoms with Gasteiger partial charge >= 0.3 is 0 Å². The molecule has 33 heavy (non-hydrogen) atoms. The molecule has 0 amide bonds. The molecule has 1 aliphatic rings. The quantitative estimate of drug-likeness (QED) is 0.438. The van der Waals surface area contributed by atoms with Crippen molar-refractivity contribution in [2.75, 3.05) is 26.2 Å². The topological polar surface area (TPSA) is 75.0 Å². The summed E-state index contributed by atoms with van der Waals surface area (Å²) in [6.07, 6.45) is 0. The van der Waals surface area contributed by atoms with Gasteiger partial charge < -0.3 is 0 Å². The van der Waals surface area contributed by atoms with Gasteiger partial charge in [-0.15, -0.1) is 11.3 Å². The Labute approximate surface area is 196 Å². The first-order valence-electron chi connectivity index (χ1n) is 10.8. The highest BCUT2D eigenvalue weighted by Gasteiger charge is 2.28. The van der Waals surface area contributed by atoms with Gasteiger partial charge in [0.15, 0.2) is 4.96 Å². The van der Waals surface area contributed by atoms with E-state index in [2.05, 4.69) is 4.90 Å². The summed E-state index contributed by atoms with van der Waals surface area (Å²) in [5, 5.41) is 1.96. The van der Waals surface area contributed by atoms with Gasteiger partial charge in [0, 0.05) is 44.2 Å². The molecule has 0 atom stereocenters. The Hall–Kier alpha value is -2.85. The minimum absolute atomic E-state index is 0.101. The zero-order valence-electron chi connectivity index (χ0n) is 18.2. The third kappa shape index (κ3) is 4.37. The van der Waals surface area contributed by atoms with Crippen LogP contribution < -0.4 is 5.56 Å². The summed E-state index contributed by atoms with van der Waals surface area (Å²) in [4.78, 5) is 20.7. The van der Waals surface area contributed by atoms with Crippen LogP contribution in [0.25, 0.3) is 16.2 Å². The second-order valence-electron chi connectivity index (χ2n) is 8.18. The maximum Gasteiger partial charge on any atom is 0.259 e. The van der Waals surface area contributed by atoms with Crippen molar-refractivity contribution in [1.29, 1.82) is 0 Å². The Morgan fingerprint density at radius 2 is 1.67 bits per heavy atom. The first-order chi connectivity index (χ1) is 15.9. The van der Waals surface area contributed by atoms with Crippen LogP contribution in [-0.4, -0.2) is 53.2 Å². The molecule has 2 aromatic heterocycles. The SMILES string of the molecule is Cc1ccc(S(=O)(=O)N2CCN(Cc3cc(=O)n4c(-c5ccccc5)csc4n3)CC2)cc1. The average molecular weight is 481 g/mol. The second kappa shape index (κ2) is 8.83. The Balaban J connectivity index is 1.30. The van der Waals surface area contributed by atoms with Crippen molar-refractivity contribution in [3.05, 3.63) is 87.7 Å². The van der Waals surface area contributed by atoms with Gasteiger partial charge in [0.05, 0.1) is 16.3 Å². The lowest BCUT2D eigenvalue weighted by molar-refractivity contribution is 0.180. The van der Waals surface area contributed by atoms with Gasteiger partial charge in [-0.1, -0.05) is 48.0 Å². The van der Waals surface area contributed by atoms with Crippen LogP contribution in [0.2, 0.25) is 0 Å². The van der Waals surface area contributed by atoms with E-state index in [1.54, 1.807) is 22.6 Å². The van der Waals surface area contributed by atoms with E-state index in [4.69, 9.17) is 4.98 Å². The maximum absolute atomic E-state index is 12.9. The smallest absolute Gasteiger partial charge is 0.259 e. The predicted octanol–water partition coefficient (Wildman–Crippen LogP) is 3.24. The number of benzene rings is 2. The van der Waals surface area contributed by atoms with E-state index < -0.39 is 10.0 Å². The van der Waals surface area contributed by atoms with Crippen molar-refractivity contribution in [2.45, 2.75) is 18.4 Å². The number of aromatic nitrogens is 2. The third-order valence-electron chi connectivity index (χ3n) is 5.90. The number of piperazine rings is 1. The summed E-state index contributed by atoms with van der Waals surface area (Å²) in [7, 11) is -3.49. The number of rotatable bonds is 5. The molecule has 0 saturated carbocycles. The molecule has 0 radical (unpaired) electrons. The molecular formula is C24H24N4O3S2. The van der Waals surface area contributed by atoms with Gasteiger partial charge in [-0.25, -0.2) is 13.4 Å². The summed E-state index contributed by atoms with van der Waals surface area (Å²) in [5.41, 5.74) is 3.45. The van der Waals surface area contributed by atoms with E-state index in [0.717, 1.165) is 16.8 Å². The van der Waals surface area contributed by atoms with Gasteiger partial charge in [-0.3, -0.25) is 14.1 Å². The standard InChI is InChI=1S/C24H24N4O3S2/c1-18-7-9-21(10-8-18)33(30,31)27-13-11-26(12-14-27)16-20-15-23(29)28-22(17-32-24(28)25-20)19-5-3-2-4-6-19/h2-10,15,17H,11-14,16H2,1H3. The van der Waals surface area contributed by atoms with Crippen LogP contribution in [-0.2, 0) is 16.6 Å². The first kappa shape index (κ1) is 22.0. The lowest BCUT2D eigenvalue weighted by Crippen LogP contribution is -2.48. The van der Waals surface area contributed by atoms with Crippen LogP contribution in [0.4, 0.5) is 0 Å². The normalized spacial score (nSPS) is 15.8. The van der Waals surface area contributed by atoms with E-state index in [9.17, 15) is 13.2 Å². The lowest BCUT2D eigenvalue weighted by atomic mass is 10.2. The van der Waals surface area contributed by atoms with E-state index >= 15 is 0 Å². The molecule has 0 N–H and O–H groups in total. The van der Waals surface area contributed by atoms with E-state index in [1.165, 1.54) is 15.6 Å². The van der Waals surface area contributed by atoms with Crippen LogP contribution in [0.5, 0.6) is 0 Å². The zero-order chi connectivity index (χ0) is 23.0. The number of thiazole rings is 1. The highest BCUT2D eigenvalue weighted by atomic mass is 32.2. The summed E-state index contributed by atoms with van der Waals surface area (Å²) >= 11 is 1.45. The molecule has 170 valence electrons. The highest BCUT2D eigenvalue weighted by Crippen LogP contribution is 2.24. The van der Waals surface area contributed by atoms with Crippen molar-refractivity contribution >= 4 is 26.3 Å². The van der Waals surface area contributed by atoms with Crippen molar-refractivity contribution < 1.29 is 8.42 Å². The lowest BCUT2D eigenvalue weighted by Gasteiger charge is -2.33. The Bertz CT molecular complexity index is 1440. The molecule has 4 aromatic rings. The Morgan fingerprint density at radius 1 is 0.970 bits per heavy atom. The number of nitrogens with zero attached hydrogens (tertiary/aromatic N) is 4. The summed E-state index contributed by atoms with van der Waals surface area (Å²) in [6.45, 7) is 4.45. The molecule has 0 bridgehead atoms. The van der Waals surface area contributed by atoms with Crippen LogP contribution >= 0.6 is 11.3 Å². The van der Waals surface area contributed by atoms with Gasteiger partial charge in [0.1, 0.15) is 0 Å². The van der Waals surface area contributed by atoms with E-state index in [-0.39, 0.29) is 5.56 Å². The fraction of sp³-hybridized carbons (Fsp3) is 0.250. The Morgan fingerprint density at radius 3 is 2.36 bits per heavy atom. The van der Waals surface area contributed by atoms with E-state index in [0.29, 0.717) is 48.3 Å². The molecule has 5 rings (SSSR count). The maximum atomic E-state index is 12.9. The molecular weight excluding hydrogens is 456 g/mol. The summed E-state index contributed by atoms with van der Waals surface area (Å²) in [6, 6.07) is 18.3. The van der Waals surface area contributed by atoms with Gasteiger partial charge in [0.25, 0.3) is 5.56 Å². The highest BCUT2D eigenvalue weighted by molar-refractivity contribution is 7.89. The van der Waals surface area contributed by atoms with E-state index in [1.807, 2.05) is 54.8 Å². The number of sulfonamides is 1. The van der Waals surface area contributed by atoms with Crippen molar-refractivity contribution in [3.63, 3.8) is 0 Å². The number of fused-ring (bicyclic) bond motifs is 1. The number of hydrogen-bond donors (Lipinski definition) is 0. The molecule has 0 aliphatic carbocycles. The van der Waals surface area contributed by atoms with Crippen LogP contribution in [0.3, 0.4) is 0 Å². The number of hydrogen-bond acceptors (Lipinski definition) is 6. The molecule has 9 heteroatoms. The zero-order valence-corrected chi connectivity index (χ0v) is 19.8. The fourth-order valence-corrected chi connectivity index (χ4v) is 6.42. The molecule has 2 aromatic carbocycles. The van der Waals surface area contributed by atoms with Gasteiger partial charge in [0.2, 0.25) is 10.0 Å². The summed E-state index contributed by atoms with van der Waals surface area (Å²) in [5.74, 6) is 0. The fourth-order valence-electron chi connectivity index (χ4n) is 4.07. The molecule has 3 heterocycles. The molecule has 1 saturated heterocycles. The minimum atomic E-state index is -3.49. The molecule has 7 nitrogen and oxygen atoms in total. The van der Waals surface area contributed by atoms with Gasteiger partial charge in [-0.05, 0) is 24.6 Å². The van der Waals surface area contributed by atoms with Gasteiger partial charge in [-0.2, -0.15) is 4.31 Å². The van der Waals surface area contributed by atoms with Crippen LogP contribution in [0, 0.1) is 6.92 Å². The minimum Gasteiger partial charge on any atom is -0.295 e. The third-order valence-corrected chi connectivity index (χ3v) is 8.64. The molecule has 1 fully saturated rings.